The fraction of sp³-hybridized carbons (Fsp3) is 0.222. The van der Waals surface area contributed by atoms with E-state index >= 15 is 0 Å². The average molecular weight is 179 g/mol. The third-order valence-corrected chi connectivity index (χ3v) is 1.60. The molecule has 0 saturated heterocycles. The van der Waals surface area contributed by atoms with Crippen LogP contribution < -0.4 is 16.2 Å². The molecule has 0 aliphatic carbocycles. The van der Waals surface area contributed by atoms with Crippen LogP contribution >= 0.6 is 0 Å². The molecule has 0 aliphatic rings. The first-order valence-electron chi connectivity index (χ1n) is 4.03. The van der Waals surface area contributed by atoms with E-state index in [1.807, 2.05) is 31.2 Å². The Hall–Kier alpha value is -1.71. The molecular formula is C9H13N3O. The van der Waals surface area contributed by atoms with Crippen LogP contribution in [0.1, 0.15) is 5.56 Å². The molecule has 0 atom stereocenters. The second-order valence-corrected chi connectivity index (χ2v) is 2.70. The molecule has 0 saturated carbocycles. The van der Waals surface area contributed by atoms with E-state index in [4.69, 9.17) is 0 Å². The maximum Gasteiger partial charge on any atom is 0.333 e. The number of carbonyl (C=O) groups is 1. The highest BCUT2D eigenvalue weighted by Gasteiger charge is 1.94. The lowest BCUT2D eigenvalue weighted by atomic mass is 10.2. The summed E-state index contributed by atoms with van der Waals surface area (Å²) in [7, 11) is 1.56. The van der Waals surface area contributed by atoms with E-state index in [1.165, 1.54) is 5.56 Å². The van der Waals surface area contributed by atoms with E-state index < -0.39 is 0 Å². The summed E-state index contributed by atoms with van der Waals surface area (Å²) >= 11 is 0. The average Bonchev–Trinajstić information content (AvgIpc) is 2.16. The van der Waals surface area contributed by atoms with Crippen LogP contribution in [0.3, 0.4) is 0 Å². The number of aryl methyl sites for hydroxylation is 1. The molecule has 0 aromatic heterocycles. The van der Waals surface area contributed by atoms with Gasteiger partial charge in [-0.3, -0.25) is 10.9 Å². The minimum absolute atomic E-state index is 0.263. The summed E-state index contributed by atoms with van der Waals surface area (Å²) in [5, 5.41) is 2.43. The first kappa shape index (κ1) is 9.38. The van der Waals surface area contributed by atoms with Gasteiger partial charge in [0.2, 0.25) is 0 Å². The monoisotopic (exact) mass is 179 g/mol. The maximum absolute atomic E-state index is 10.8. The molecule has 0 aliphatic heterocycles. The van der Waals surface area contributed by atoms with Crippen molar-refractivity contribution in [2.45, 2.75) is 6.92 Å². The van der Waals surface area contributed by atoms with Gasteiger partial charge in [-0.05, 0) is 19.1 Å². The van der Waals surface area contributed by atoms with Crippen LogP contribution in [0.25, 0.3) is 0 Å². The number of hydrazine groups is 1. The van der Waals surface area contributed by atoms with Gasteiger partial charge in [0, 0.05) is 7.05 Å². The minimum Gasteiger partial charge on any atom is -0.340 e. The number of urea groups is 1. The van der Waals surface area contributed by atoms with Crippen LogP contribution in [0.4, 0.5) is 10.5 Å². The lowest BCUT2D eigenvalue weighted by Crippen LogP contribution is -2.36. The molecule has 1 rings (SSSR count). The quantitative estimate of drug-likeness (QED) is 0.598. The first-order chi connectivity index (χ1) is 6.22. The number of anilines is 1. The number of hydrogen-bond donors (Lipinski definition) is 3. The SMILES string of the molecule is CNC(=O)NNc1ccc(C)cc1. The summed E-state index contributed by atoms with van der Waals surface area (Å²) in [5.74, 6) is 0. The van der Waals surface area contributed by atoms with Gasteiger partial charge in [-0.25, -0.2) is 4.79 Å². The summed E-state index contributed by atoms with van der Waals surface area (Å²) in [5.41, 5.74) is 7.27. The number of carbonyl (C=O) groups excluding carboxylic acids is 1. The highest BCUT2D eigenvalue weighted by molar-refractivity contribution is 5.75. The highest BCUT2D eigenvalue weighted by Crippen LogP contribution is 2.06. The van der Waals surface area contributed by atoms with Gasteiger partial charge >= 0.3 is 6.03 Å². The van der Waals surface area contributed by atoms with Crippen molar-refractivity contribution in [2.24, 2.45) is 0 Å². The predicted octanol–water partition coefficient (Wildman–Crippen LogP) is 1.25. The van der Waals surface area contributed by atoms with Crippen molar-refractivity contribution in [3.05, 3.63) is 29.8 Å². The summed E-state index contributed by atoms with van der Waals surface area (Å²) in [4.78, 5) is 10.8. The summed E-state index contributed by atoms with van der Waals surface area (Å²) in [6.45, 7) is 2.01. The van der Waals surface area contributed by atoms with Crippen LogP contribution in [0.5, 0.6) is 0 Å². The normalized spacial score (nSPS) is 9.08. The van der Waals surface area contributed by atoms with Crippen molar-refractivity contribution in [1.29, 1.82) is 0 Å². The minimum atomic E-state index is -0.263. The van der Waals surface area contributed by atoms with Gasteiger partial charge in [-0.2, -0.15) is 0 Å². The molecule has 1 aromatic rings. The van der Waals surface area contributed by atoms with Gasteiger partial charge in [0.05, 0.1) is 5.69 Å². The Labute approximate surface area is 77.3 Å². The van der Waals surface area contributed by atoms with Gasteiger partial charge in [-0.1, -0.05) is 17.7 Å². The van der Waals surface area contributed by atoms with E-state index in [2.05, 4.69) is 16.2 Å². The molecule has 0 unspecified atom stereocenters. The van der Waals surface area contributed by atoms with Crippen LogP contribution in [-0.2, 0) is 0 Å². The van der Waals surface area contributed by atoms with E-state index in [0.29, 0.717) is 0 Å². The predicted molar refractivity (Wildman–Crippen MR) is 52.4 cm³/mol. The zero-order valence-corrected chi connectivity index (χ0v) is 7.72. The molecule has 3 N–H and O–H groups in total. The molecule has 4 heteroatoms. The van der Waals surface area contributed by atoms with Crippen molar-refractivity contribution in [3.63, 3.8) is 0 Å². The summed E-state index contributed by atoms with van der Waals surface area (Å²) in [6.07, 6.45) is 0. The van der Waals surface area contributed by atoms with Gasteiger partial charge in [0.15, 0.2) is 0 Å². The molecular weight excluding hydrogens is 166 g/mol. The first-order valence-corrected chi connectivity index (χ1v) is 4.03. The third kappa shape index (κ3) is 3.02. The van der Waals surface area contributed by atoms with Crippen LogP contribution in [0.15, 0.2) is 24.3 Å². The number of amides is 2. The van der Waals surface area contributed by atoms with E-state index in [9.17, 15) is 4.79 Å². The largest absolute Gasteiger partial charge is 0.340 e. The van der Waals surface area contributed by atoms with Crippen molar-refractivity contribution >= 4 is 11.7 Å². The zero-order chi connectivity index (χ0) is 9.68. The molecule has 0 spiro atoms. The lowest BCUT2D eigenvalue weighted by Gasteiger charge is -2.07. The second kappa shape index (κ2) is 4.35. The fourth-order valence-electron chi connectivity index (χ4n) is 0.828. The third-order valence-electron chi connectivity index (χ3n) is 1.60. The molecule has 0 fully saturated rings. The van der Waals surface area contributed by atoms with E-state index in [-0.39, 0.29) is 6.03 Å². The molecule has 2 amide bonds. The van der Waals surface area contributed by atoms with Gasteiger partial charge < -0.3 is 5.32 Å². The number of hydrogen-bond acceptors (Lipinski definition) is 2. The van der Waals surface area contributed by atoms with Crippen LogP contribution in [-0.4, -0.2) is 13.1 Å². The zero-order valence-electron chi connectivity index (χ0n) is 7.72. The van der Waals surface area contributed by atoms with Crippen LogP contribution in [0, 0.1) is 6.92 Å². The Morgan fingerprint density at radius 3 is 2.38 bits per heavy atom. The molecule has 0 heterocycles. The van der Waals surface area contributed by atoms with E-state index in [0.717, 1.165) is 5.69 Å². The standard InChI is InChI=1S/C9H13N3O/c1-7-3-5-8(6-4-7)11-12-9(13)10-2/h3-6,11H,1-2H3,(H2,10,12,13). The van der Waals surface area contributed by atoms with E-state index in [1.54, 1.807) is 7.05 Å². The maximum atomic E-state index is 10.8. The van der Waals surface area contributed by atoms with Gasteiger partial charge in [0.1, 0.15) is 0 Å². The fourth-order valence-corrected chi connectivity index (χ4v) is 0.828. The second-order valence-electron chi connectivity index (χ2n) is 2.70. The van der Waals surface area contributed by atoms with Crippen molar-refractivity contribution in [3.8, 4) is 0 Å². The number of benzene rings is 1. The molecule has 0 radical (unpaired) electrons. The van der Waals surface area contributed by atoms with Gasteiger partial charge in [0.25, 0.3) is 0 Å². The Morgan fingerprint density at radius 2 is 1.85 bits per heavy atom. The van der Waals surface area contributed by atoms with Crippen molar-refractivity contribution in [2.75, 3.05) is 12.5 Å². The molecule has 70 valence electrons. The van der Waals surface area contributed by atoms with Gasteiger partial charge in [-0.15, -0.1) is 0 Å². The lowest BCUT2D eigenvalue weighted by molar-refractivity contribution is 0.245. The van der Waals surface area contributed by atoms with Crippen molar-refractivity contribution in [1.82, 2.24) is 10.7 Å². The molecule has 0 bridgehead atoms. The molecule has 4 nitrogen and oxygen atoms in total. The number of rotatable bonds is 2. The summed E-state index contributed by atoms with van der Waals surface area (Å²) < 4.78 is 0. The highest BCUT2D eigenvalue weighted by atomic mass is 16.2. The Bertz CT molecular complexity index is 281. The van der Waals surface area contributed by atoms with Crippen LogP contribution in [0.2, 0.25) is 0 Å². The smallest absolute Gasteiger partial charge is 0.333 e. The topological polar surface area (TPSA) is 53.2 Å². The number of nitrogens with one attached hydrogen (secondary N) is 3. The molecule has 13 heavy (non-hydrogen) atoms. The molecule has 1 aromatic carbocycles. The Kier molecular flexibility index (Phi) is 3.14. The Morgan fingerprint density at radius 1 is 1.23 bits per heavy atom. The summed E-state index contributed by atoms with van der Waals surface area (Å²) in [6, 6.07) is 7.46. The van der Waals surface area contributed by atoms with Crippen molar-refractivity contribution < 1.29 is 4.79 Å². The Balaban J connectivity index is 2.46.